The van der Waals surface area contributed by atoms with Gasteiger partial charge in [0.25, 0.3) is 0 Å². The van der Waals surface area contributed by atoms with Gasteiger partial charge in [0.15, 0.2) is 11.0 Å². The van der Waals surface area contributed by atoms with Crippen LogP contribution in [0, 0.1) is 0 Å². The molecule has 12 heteroatoms. The zero-order valence-corrected chi connectivity index (χ0v) is 25.5. The normalized spacial score (nSPS) is 18.6. The zero-order chi connectivity index (χ0) is 27.5. The molecule has 0 aliphatic heterocycles. The summed E-state index contributed by atoms with van der Waals surface area (Å²) in [6.45, 7) is 13.8. The van der Waals surface area contributed by atoms with Gasteiger partial charge in [-0.2, -0.15) is 0 Å². The van der Waals surface area contributed by atoms with E-state index in [4.69, 9.17) is 14.5 Å². The number of nitrogens with zero attached hydrogens (tertiary/aromatic N) is 6. The van der Waals surface area contributed by atoms with Crippen LogP contribution in [0.5, 0.6) is 0 Å². The van der Waals surface area contributed by atoms with Gasteiger partial charge in [0.1, 0.15) is 29.9 Å². The smallest absolute Gasteiger partial charge is 0.407 e. The number of rotatable bonds is 9. The topological polar surface area (TPSA) is 109 Å². The van der Waals surface area contributed by atoms with Crippen LogP contribution in [-0.2, 0) is 16.2 Å². The standard InChI is InChI=1S/C26H41N7O3SSi/c1-26(2,3)36-25(34)29-18-9-8-10-19(13-18)33-22-14-20(27-15-21(22)30-24(33)37-4)23-28-16-32(31-23)17-35-11-12-38(5,6)7/h14-16,18-19H,8-13,17H2,1-7H3,(H,29,34)/t18-,19+/m0/s1. The fraction of sp³-hybridized carbons (Fsp3) is 0.654. The van der Waals surface area contributed by atoms with Crippen LogP contribution in [0.3, 0.4) is 0 Å². The summed E-state index contributed by atoms with van der Waals surface area (Å²) in [4.78, 5) is 26.3. The number of alkyl carbamates (subject to hydrolysis) is 1. The van der Waals surface area contributed by atoms with Crippen molar-refractivity contribution in [2.45, 2.75) is 102 Å². The molecule has 1 aliphatic carbocycles. The Kier molecular flexibility index (Phi) is 8.83. The summed E-state index contributed by atoms with van der Waals surface area (Å²) in [6, 6.07) is 3.40. The SMILES string of the molecule is CSc1nc2cnc(-c3ncn(COCC[Si](C)(C)C)n3)cc2n1[C@@H]1CCC[C@H](NC(=O)OC(C)(C)C)C1. The van der Waals surface area contributed by atoms with Crippen molar-refractivity contribution in [3.8, 4) is 11.5 Å². The molecule has 38 heavy (non-hydrogen) atoms. The molecule has 208 valence electrons. The number of fused-ring (bicyclic) bond motifs is 1. The molecule has 1 saturated carbocycles. The number of imidazole rings is 1. The van der Waals surface area contributed by atoms with Crippen molar-refractivity contribution in [3.05, 3.63) is 18.6 Å². The number of amides is 1. The molecule has 1 N–H and O–H groups in total. The van der Waals surface area contributed by atoms with Gasteiger partial charge in [-0.1, -0.05) is 31.4 Å². The van der Waals surface area contributed by atoms with E-state index in [0.29, 0.717) is 18.2 Å². The molecule has 3 aromatic rings. The second-order valence-corrected chi connectivity index (χ2v) is 18.5. The molecular formula is C26H41N7O3SSi. The molecule has 1 fully saturated rings. The lowest BCUT2D eigenvalue weighted by molar-refractivity contribution is 0.0485. The molecule has 3 heterocycles. The van der Waals surface area contributed by atoms with Gasteiger partial charge < -0.3 is 19.4 Å². The number of aromatic nitrogens is 6. The van der Waals surface area contributed by atoms with Crippen LogP contribution < -0.4 is 5.32 Å². The Bertz CT molecular complexity index is 1250. The lowest BCUT2D eigenvalue weighted by Gasteiger charge is -2.32. The second-order valence-electron chi connectivity index (χ2n) is 12.1. The fourth-order valence-electron chi connectivity index (χ4n) is 4.61. The predicted octanol–water partition coefficient (Wildman–Crippen LogP) is 5.73. The Hall–Kier alpha value is -2.44. The Morgan fingerprint density at radius 1 is 1.24 bits per heavy atom. The summed E-state index contributed by atoms with van der Waals surface area (Å²) in [5.74, 6) is 0.562. The fourth-order valence-corrected chi connectivity index (χ4v) is 6.00. The first-order chi connectivity index (χ1) is 17.9. The molecule has 2 atom stereocenters. The monoisotopic (exact) mass is 559 g/mol. The first-order valence-corrected chi connectivity index (χ1v) is 18.2. The Balaban J connectivity index is 1.51. The Morgan fingerprint density at radius 2 is 2.03 bits per heavy atom. The van der Waals surface area contributed by atoms with E-state index in [9.17, 15) is 4.79 Å². The first kappa shape index (κ1) is 28.6. The molecule has 1 amide bonds. The molecule has 0 aromatic carbocycles. The molecule has 0 bridgehead atoms. The highest BCUT2D eigenvalue weighted by molar-refractivity contribution is 7.98. The number of hydrogen-bond donors (Lipinski definition) is 1. The van der Waals surface area contributed by atoms with Crippen molar-refractivity contribution < 1.29 is 14.3 Å². The molecule has 3 aromatic heterocycles. The maximum absolute atomic E-state index is 12.4. The third-order valence-electron chi connectivity index (χ3n) is 6.44. The lowest BCUT2D eigenvalue weighted by Crippen LogP contribution is -2.41. The van der Waals surface area contributed by atoms with Crippen LogP contribution in [0.1, 0.15) is 52.5 Å². The molecule has 0 radical (unpaired) electrons. The minimum absolute atomic E-state index is 0.0513. The molecule has 1 aliphatic rings. The van der Waals surface area contributed by atoms with Gasteiger partial charge >= 0.3 is 6.09 Å². The van der Waals surface area contributed by atoms with Crippen LogP contribution >= 0.6 is 11.8 Å². The number of carbonyl (C=O) groups is 1. The largest absolute Gasteiger partial charge is 0.444 e. The van der Waals surface area contributed by atoms with Gasteiger partial charge in [0.2, 0.25) is 0 Å². The number of thioether (sulfide) groups is 1. The van der Waals surface area contributed by atoms with Gasteiger partial charge in [0.05, 0.1) is 11.7 Å². The summed E-state index contributed by atoms with van der Waals surface area (Å²) in [6.07, 6.45) is 8.95. The average molecular weight is 560 g/mol. The highest BCUT2D eigenvalue weighted by atomic mass is 32.2. The van der Waals surface area contributed by atoms with Crippen LogP contribution in [0.25, 0.3) is 22.6 Å². The summed E-state index contributed by atoms with van der Waals surface area (Å²) < 4.78 is 15.3. The first-order valence-electron chi connectivity index (χ1n) is 13.3. The van der Waals surface area contributed by atoms with Crippen molar-refractivity contribution in [2.24, 2.45) is 0 Å². The maximum atomic E-state index is 12.4. The van der Waals surface area contributed by atoms with Gasteiger partial charge in [-0.15, -0.1) is 5.10 Å². The zero-order valence-electron chi connectivity index (χ0n) is 23.7. The third-order valence-corrected chi connectivity index (χ3v) is 8.80. The Labute approximate surface area is 230 Å². The van der Waals surface area contributed by atoms with Gasteiger partial charge in [-0.3, -0.25) is 4.98 Å². The van der Waals surface area contributed by atoms with Crippen molar-refractivity contribution >= 4 is 37.0 Å². The highest BCUT2D eigenvalue weighted by Crippen LogP contribution is 2.36. The molecule has 0 spiro atoms. The molecule has 10 nitrogen and oxygen atoms in total. The summed E-state index contributed by atoms with van der Waals surface area (Å²) in [7, 11) is -1.13. The van der Waals surface area contributed by atoms with Crippen molar-refractivity contribution in [2.75, 3.05) is 12.9 Å². The van der Waals surface area contributed by atoms with E-state index in [-0.39, 0.29) is 18.2 Å². The van der Waals surface area contributed by atoms with Gasteiger partial charge in [-0.25, -0.2) is 19.4 Å². The Morgan fingerprint density at radius 3 is 2.74 bits per heavy atom. The molecule has 4 rings (SSSR count). The number of nitrogens with one attached hydrogen (secondary N) is 1. The molecule has 0 unspecified atom stereocenters. The number of carbonyl (C=O) groups excluding carboxylic acids is 1. The summed E-state index contributed by atoms with van der Waals surface area (Å²) >= 11 is 1.62. The van der Waals surface area contributed by atoms with Crippen LogP contribution in [0.4, 0.5) is 4.79 Å². The van der Waals surface area contributed by atoms with Crippen molar-refractivity contribution in [1.82, 2.24) is 34.6 Å². The second kappa shape index (κ2) is 11.7. The quantitative estimate of drug-likeness (QED) is 0.201. The number of hydrogen-bond acceptors (Lipinski definition) is 8. The molecule has 0 saturated heterocycles. The number of pyridine rings is 1. The lowest BCUT2D eigenvalue weighted by atomic mass is 9.91. The highest BCUT2D eigenvalue weighted by Gasteiger charge is 2.29. The minimum Gasteiger partial charge on any atom is -0.444 e. The van der Waals surface area contributed by atoms with E-state index >= 15 is 0 Å². The van der Waals surface area contributed by atoms with E-state index in [0.717, 1.165) is 54.5 Å². The van der Waals surface area contributed by atoms with Crippen LogP contribution in [-0.4, -0.2) is 68.0 Å². The van der Waals surface area contributed by atoms with Crippen molar-refractivity contribution in [3.63, 3.8) is 0 Å². The van der Waals surface area contributed by atoms with Gasteiger partial charge in [-0.05, 0) is 64.8 Å². The summed E-state index contributed by atoms with van der Waals surface area (Å²) in [5.41, 5.74) is 2.03. The number of ether oxygens (including phenoxy) is 2. The summed E-state index contributed by atoms with van der Waals surface area (Å²) in [5, 5.41) is 8.61. The third kappa shape index (κ3) is 7.57. The van der Waals surface area contributed by atoms with E-state index in [1.165, 1.54) is 0 Å². The average Bonchev–Trinajstić information content (AvgIpc) is 3.44. The minimum atomic E-state index is -1.13. The van der Waals surface area contributed by atoms with E-state index in [1.54, 1.807) is 29.0 Å². The van der Waals surface area contributed by atoms with E-state index in [1.807, 2.05) is 33.1 Å². The van der Waals surface area contributed by atoms with Gasteiger partial charge in [0, 0.05) is 26.8 Å². The maximum Gasteiger partial charge on any atom is 0.407 e. The van der Waals surface area contributed by atoms with Crippen LogP contribution in [0.2, 0.25) is 25.7 Å². The molecular weight excluding hydrogens is 518 g/mol. The van der Waals surface area contributed by atoms with Crippen LogP contribution in [0.15, 0.2) is 23.7 Å². The van der Waals surface area contributed by atoms with E-state index in [2.05, 4.69) is 44.6 Å². The predicted molar refractivity (Wildman–Crippen MR) is 153 cm³/mol. The van der Waals surface area contributed by atoms with Crippen molar-refractivity contribution in [1.29, 1.82) is 0 Å². The van der Waals surface area contributed by atoms with E-state index < -0.39 is 13.7 Å².